The van der Waals surface area contributed by atoms with Crippen molar-refractivity contribution in [2.24, 2.45) is 15.9 Å². The molecule has 1 unspecified atom stereocenters. The molecule has 28 heavy (non-hydrogen) atoms. The fourth-order valence-electron chi connectivity index (χ4n) is 4.37. The number of aliphatic hydroxyl groups is 1. The number of fused-ring (bicyclic) bond motifs is 1. The maximum atomic E-state index is 14.6. The molecule has 1 amide bonds. The van der Waals surface area contributed by atoms with E-state index >= 15 is 0 Å². The summed E-state index contributed by atoms with van der Waals surface area (Å²) in [7, 11) is 0. The molecule has 0 aromatic heterocycles. The van der Waals surface area contributed by atoms with Crippen LogP contribution in [0.5, 0.6) is 0 Å². The lowest BCUT2D eigenvalue weighted by Gasteiger charge is -2.28. The molecule has 7 heteroatoms. The van der Waals surface area contributed by atoms with Crippen molar-refractivity contribution in [2.75, 3.05) is 5.75 Å². The van der Waals surface area contributed by atoms with Gasteiger partial charge >= 0.3 is 0 Å². The van der Waals surface area contributed by atoms with Gasteiger partial charge in [0.2, 0.25) is 5.91 Å². The Morgan fingerprint density at radius 1 is 1.14 bits per heavy atom. The average Bonchev–Trinajstić information content (AvgIpc) is 2.68. The maximum Gasteiger partial charge on any atom is 0.241 e. The van der Waals surface area contributed by atoms with Gasteiger partial charge in [-0.15, -0.1) is 0 Å². The molecule has 0 aromatic carbocycles. The van der Waals surface area contributed by atoms with Gasteiger partial charge in [-0.25, -0.2) is 9.38 Å². The predicted molar refractivity (Wildman–Crippen MR) is 111 cm³/mol. The number of aliphatic hydroxyl groups excluding tert-OH is 1. The molecule has 0 saturated heterocycles. The lowest BCUT2D eigenvalue weighted by atomic mass is 9.93. The van der Waals surface area contributed by atoms with E-state index in [4.69, 9.17) is 4.99 Å². The zero-order valence-electron chi connectivity index (χ0n) is 16.1. The Hall–Kier alpha value is -1.47. The Labute approximate surface area is 169 Å². The fraction of sp³-hybridized carbons (Fsp3) is 0.667. The van der Waals surface area contributed by atoms with Crippen LogP contribution < -0.4 is 5.32 Å². The molecule has 2 saturated carbocycles. The second-order valence-electron chi connectivity index (χ2n) is 8.17. The molecule has 5 nitrogen and oxygen atoms in total. The quantitative estimate of drug-likeness (QED) is 0.749. The number of hydrogen-bond donors (Lipinski definition) is 2. The molecule has 2 N–H and O–H groups in total. The van der Waals surface area contributed by atoms with Crippen molar-refractivity contribution in [2.45, 2.75) is 75.2 Å². The van der Waals surface area contributed by atoms with Crippen LogP contribution in [0.4, 0.5) is 4.39 Å². The maximum absolute atomic E-state index is 14.6. The smallest absolute Gasteiger partial charge is 0.241 e. The predicted octanol–water partition coefficient (Wildman–Crippen LogP) is 3.69. The van der Waals surface area contributed by atoms with E-state index in [0.29, 0.717) is 28.2 Å². The van der Waals surface area contributed by atoms with Crippen molar-refractivity contribution in [1.82, 2.24) is 5.32 Å². The first-order valence-electron chi connectivity index (χ1n) is 10.4. The molecule has 0 aromatic rings. The van der Waals surface area contributed by atoms with Gasteiger partial charge in [-0.1, -0.05) is 19.3 Å². The van der Waals surface area contributed by atoms with Crippen LogP contribution in [-0.4, -0.2) is 45.7 Å². The van der Waals surface area contributed by atoms with E-state index in [1.54, 1.807) is 17.8 Å². The highest BCUT2D eigenvalue weighted by atomic mass is 32.2. The van der Waals surface area contributed by atoms with Gasteiger partial charge in [0, 0.05) is 5.25 Å². The minimum Gasteiger partial charge on any atom is -0.393 e. The third-order valence-electron chi connectivity index (χ3n) is 5.95. The number of nitrogens with zero attached hydrogens (tertiary/aromatic N) is 2. The number of rotatable bonds is 4. The Balaban J connectivity index is 1.45. The normalized spacial score (nSPS) is 32.9. The summed E-state index contributed by atoms with van der Waals surface area (Å²) < 4.78 is 14.6. The summed E-state index contributed by atoms with van der Waals surface area (Å²) in [6, 6.07) is 0.249. The number of hydrogen-bond acceptors (Lipinski definition) is 5. The molecule has 0 radical (unpaired) electrons. The summed E-state index contributed by atoms with van der Waals surface area (Å²) in [5.41, 5.74) is 1.07. The van der Waals surface area contributed by atoms with Crippen LogP contribution in [0.15, 0.2) is 33.7 Å². The fourth-order valence-corrected chi connectivity index (χ4v) is 5.51. The van der Waals surface area contributed by atoms with Crippen LogP contribution in [0.25, 0.3) is 0 Å². The van der Waals surface area contributed by atoms with Gasteiger partial charge in [0.15, 0.2) is 0 Å². The lowest BCUT2D eigenvalue weighted by molar-refractivity contribution is -0.122. The van der Waals surface area contributed by atoms with Crippen molar-refractivity contribution in [3.8, 4) is 0 Å². The lowest BCUT2D eigenvalue weighted by Crippen LogP contribution is -2.43. The first-order chi connectivity index (χ1) is 13.6. The number of thioether (sulfide) groups is 1. The summed E-state index contributed by atoms with van der Waals surface area (Å²) >= 11 is 1.75. The first kappa shape index (κ1) is 19.8. The molecule has 0 bridgehead atoms. The van der Waals surface area contributed by atoms with Gasteiger partial charge in [-0.3, -0.25) is 9.79 Å². The van der Waals surface area contributed by atoms with Gasteiger partial charge in [-0.05, 0) is 50.7 Å². The molecule has 1 aliphatic heterocycles. The number of carbonyl (C=O) groups is 1. The van der Waals surface area contributed by atoms with Crippen LogP contribution in [0.2, 0.25) is 0 Å². The zero-order chi connectivity index (χ0) is 19.5. The third kappa shape index (κ3) is 4.74. The number of aliphatic imine (C=N–C) groups is 2. The van der Waals surface area contributed by atoms with Gasteiger partial charge < -0.3 is 10.4 Å². The van der Waals surface area contributed by atoms with E-state index in [1.807, 2.05) is 0 Å². The Morgan fingerprint density at radius 2 is 1.89 bits per heavy atom. The number of carbonyl (C=O) groups excluding carboxylic acids is 1. The zero-order valence-corrected chi connectivity index (χ0v) is 16.9. The molecule has 1 heterocycles. The number of amidine groups is 1. The monoisotopic (exact) mass is 405 g/mol. The minimum atomic E-state index is -0.941. The van der Waals surface area contributed by atoms with Crippen LogP contribution in [0.3, 0.4) is 0 Å². The molecular weight excluding hydrogens is 377 g/mol. The van der Waals surface area contributed by atoms with Crippen LogP contribution in [0.1, 0.15) is 57.8 Å². The molecule has 4 rings (SSSR count). The van der Waals surface area contributed by atoms with E-state index in [9.17, 15) is 14.3 Å². The summed E-state index contributed by atoms with van der Waals surface area (Å²) in [5.74, 6) is -0.571. The van der Waals surface area contributed by atoms with Gasteiger partial charge in [0.25, 0.3) is 0 Å². The summed E-state index contributed by atoms with van der Waals surface area (Å²) in [6.07, 6.45) is 12.3. The highest BCUT2D eigenvalue weighted by Gasteiger charge is 2.35. The topological polar surface area (TPSA) is 74.0 Å². The molecule has 4 aliphatic rings. The highest BCUT2D eigenvalue weighted by Crippen LogP contribution is 2.32. The van der Waals surface area contributed by atoms with Gasteiger partial charge in [-0.2, -0.15) is 11.8 Å². The molecular formula is C21H28FN3O2S. The SMILES string of the molecule is O=C1NC(CSC2CCC(O)CC2)=NC2=CC(=NC3CCCCC3)C=C(F)C12. The standard InChI is InChI=1S/C21H28FN3O2S/c22-17-10-14(23-13-4-2-1-3-5-13)11-18-20(17)21(27)25-19(24-18)12-28-16-8-6-15(26)7-9-16/h10-11,13,15-16,20,26H,1-9,12H2,(H,24,25,27). The van der Waals surface area contributed by atoms with E-state index in [0.717, 1.165) is 38.5 Å². The first-order valence-corrected chi connectivity index (χ1v) is 11.5. The van der Waals surface area contributed by atoms with Crippen molar-refractivity contribution in [3.63, 3.8) is 0 Å². The van der Waals surface area contributed by atoms with Crippen molar-refractivity contribution < 1.29 is 14.3 Å². The summed E-state index contributed by atoms with van der Waals surface area (Å²) in [6.45, 7) is 0. The third-order valence-corrected chi connectivity index (χ3v) is 7.34. The van der Waals surface area contributed by atoms with Crippen molar-refractivity contribution in [1.29, 1.82) is 0 Å². The van der Waals surface area contributed by atoms with Crippen molar-refractivity contribution >= 4 is 29.2 Å². The van der Waals surface area contributed by atoms with Crippen LogP contribution >= 0.6 is 11.8 Å². The average molecular weight is 406 g/mol. The Kier molecular flexibility index (Phi) is 6.31. The number of allylic oxidation sites excluding steroid dienone is 2. The second-order valence-corrected chi connectivity index (χ2v) is 9.46. The van der Waals surface area contributed by atoms with Gasteiger partial charge in [0.1, 0.15) is 17.6 Å². The summed E-state index contributed by atoms with van der Waals surface area (Å²) in [5, 5.41) is 12.9. The molecule has 3 aliphatic carbocycles. The molecule has 152 valence electrons. The van der Waals surface area contributed by atoms with Gasteiger partial charge in [0.05, 0.1) is 29.3 Å². The van der Waals surface area contributed by atoms with E-state index in [-0.39, 0.29) is 18.1 Å². The molecule has 2 fully saturated rings. The van der Waals surface area contributed by atoms with E-state index in [1.165, 1.54) is 25.3 Å². The number of nitrogens with one attached hydrogen (secondary N) is 1. The Morgan fingerprint density at radius 3 is 2.64 bits per heavy atom. The highest BCUT2D eigenvalue weighted by molar-refractivity contribution is 8.00. The molecule has 0 spiro atoms. The number of amides is 1. The van der Waals surface area contributed by atoms with Crippen LogP contribution in [-0.2, 0) is 4.79 Å². The van der Waals surface area contributed by atoms with E-state index in [2.05, 4.69) is 10.3 Å². The summed E-state index contributed by atoms with van der Waals surface area (Å²) in [4.78, 5) is 21.7. The Bertz CT molecular complexity index is 732. The number of halogens is 1. The second kappa shape index (κ2) is 8.91. The minimum absolute atomic E-state index is 0.173. The van der Waals surface area contributed by atoms with Crippen molar-refractivity contribution in [3.05, 3.63) is 23.7 Å². The largest absolute Gasteiger partial charge is 0.393 e. The molecule has 1 atom stereocenters. The van der Waals surface area contributed by atoms with E-state index < -0.39 is 11.7 Å². The van der Waals surface area contributed by atoms with Crippen LogP contribution in [0, 0.1) is 5.92 Å².